The van der Waals surface area contributed by atoms with Crippen LogP contribution in [-0.4, -0.2) is 46.3 Å². The van der Waals surface area contributed by atoms with Crippen molar-refractivity contribution in [1.82, 2.24) is 9.80 Å². The number of alkyl halides is 6. The minimum atomic E-state index is -5.10. The number of anilines is 1. The molecule has 0 N–H and O–H groups in total. The lowest BCUT2D eigenvalue weighted by atomic mass is 9.85. The number of rotatable bonds is 4. The SMILES string of the molecule is O=C(c1cc(C(F)(F)F)cc(C(F)(F)F)c1)N1CCC2(CC1)C(=O)N(Cc1ccoc1)C(=O)N2c1ccccc1. The van der Waals surface area contributed by atoms with Gasteiger partial charge in [-0.3, -0.25) is 19.4 Å². The Kier molecular flexibility index (Phi) is 6.63. The van der Waals surface area contributed by atoms with E-state index in [9.17, 15) is 40.7 Å². The summed E-state index contributed by atoms with van der Waals surface area (Å²) in [5.41, 5.74) is -4.35. The lowest BCUT2D eigenvalue weighted by Gasteiger charge is -2.42. The Morgan fingerprint density at radius 2 is 1.48 bits per heavy atom. The third-order valence-corrected chi connectivity index (χ3v) is 7.14. The fourth-order valence-electron chi connectivity index (χ4n) is 5.15. The number of carbonyl (C=O) groups excluding carboxylic acids is 3. The monoisotopic (exact) mass is 565 g/mol. The molecule has 3 heterocycles. The van der Waals surface area contributed by atoms with Gasteiger partial charge in [-0.2, -0.15) is 26.3 Å². The number of benzene rings is 2. The zero-order valence-electron chi connectivity index (χ0n) is 20.6. The Morgan fingerprint density at radius 3 is 2.00 bits per heavy atom. The second kappa shape index (κ2) is 9.72. The van der Waals surface area contributed by atoms with Crippen LogP contribution < -0.4 is 4.90 Å². The first-order chi connectivity index (χ1) is 18.8. The number of hydrogen-bond acceptors (Lipinski definition) is 4. The van der Waals surface area contributed by atoms with E-state index in [0.717, 1.165) is 9.80 Å². The molecule has 5 rings (SSSR count). The number of hydrogen-bond donors (Lipinski definition) is 0. The number of piperidine rings is 1. The van der Waals surface area contributed by atoms with Crippen LogP contribution in [0.2, 0.25) is 0 Å². The van der Waals surface area contributed by atoms with E-state index in [4.69, 9.17) is 4.42 Å². The molecule has 2 aliphatic rings. The summed E-state index contributed by atoms with van der Waals surface area (Å²) in [4.78, 5) is 43.9. The first-order valence-electron chi connectivity index (χ1n) is 12.1. The van der Waals surface area contributed by atoms with Gasteiger partial charge in [-0.25, -0.2) is 4.79 Å². The highest BCUT2D eigenvalue weighted by molar-refractivity contribution is 6.17. The molecule has 0 atom stereocenters. The molecular formula is C27H21F6N3O4. The number of nitrogens with zero attached hydrogens (tertiary/aromatic N) is 3. The summed E-state index contributed by atoms with van der Waals surface area (Å²) in [6.07, 6.45) is -7.57. The molecule has 4 amide bonds. The van der Waals surface area contributed by atoms with Crippen molar-refractivity contribution in [2.45, 2.75) is 37.3 Å². The van der Waals surface area contributed by atoms with Gasteiger partial charge in [0.1, 0.15) is 5.54 Å². The van der Waals surface area contributed by atoms with E-state index in [0.29, 0.717) is 23.4 Å². The van der Waals surface area contributed by atoms with Crippen molar-refractivity contribution in [2.24, 2.45) is 0 Å². The predicted molar refractivity (Wildman–Crippen MR) is 128 cm³/mol. The minimum Gasteiger partial charge on any atom is -0.472 e. The molecule has 13 heteroatoms. The number of para-hydroxylation sites is 1. The van der Waals surface area contributed by atoms with Gasteiger partial charge in [0.15, 0.2) is 0 Å². The molecule has 0 saturated carbocycles. The summed E-state index contributed by atoms with van der Waals surface area (Å²) in [5, 5.41) is 0. The van der Waals surface area contributed by atoms with Crippen molar-refractivity contribution in [3.05, 3.63) is 89.4 Å². The van der Waals surface area contributed by atoms with E-state index in [1.807, 2.05) is 0 Å². The quantitative estimate of drug-likeness (QED) is 0.289. The van der Waals surface area contributed by atoms with Gasteiger partial charge in [0.2, 0.25) is 0 Å². The van der Waals surface area contributed by atoms with Crippen LogP contribution >= 0.6 is 0 Å². The van der Waals surface area contributed by atoms with E-state index in [1.54, 1.807) is 36.4 Å². The van der Waals surface area contributed by atoms with Crippen LogP contribution in [0.4, 0.5) is 36.8 Å². The summed E-state index contributed by atoms with van der Waals surface area (Å²) in [6.45, 7) is -0.428. The maximum Gasteiger partial charge on any atom is 0.416 e. The zero-order valence-corrected chi connectivity index (χ0v) is 20.6. The van der Waals surface area contributed by atoms with Crippen LogP contribution in [0, 0.1) is 0 Å². The van der Waals surface area contributed by atoms with Crippen LogP contribution in [-0.2, 0) is 23.7 Å². The van der Waals surface area contributed by atoms with Crippen molar-refractivity contribution in [1.29, 1.82) is 0 Å². The molecule has 2 aromatic carbocycles. The predicted octanol–water partition coefficient (Wildman–Crippen LogP) is 5.96. The van der Waals surface area contributed by atoms with Crippen LogP contribution in [0.1, 0.15) is 39.9 Å². The smallest absolute Gasteiger partial charge is 0.416 e. The zero-order chi connectivity index (χ0) is 28.9. The Bertz CT molecular complexity index is 1400. The minimum absolute atomic E-state index is 0.0445. The van der Waals surface area contributed by atoms with Gasteiger partial charge in [0.25, 0.3) is 11.8 Å². The van der Waals surface area contributed by atoms with Crippen LogP contribution in [0.3, 0.4) is 0 Å². The molecule has 0 unspecified atom stereocenters. The molecule has 1 spiro atoms. The van der Waals surface area contributed by atoms with Gasteiger partial charge in [-0.1, -0.05) is 18.2 Å². The summed E-state index contributed by atoms with van der Waals surface area (Å²) in [6, 6.07) is 10.1. The van der Waals surface area contributed by atoms with E-state index >= 15 is 0 Å². The number of amides is 4. The topological polar surface area (TPSA) is 74.1 Å². The lowest BCUT2D eigenvalue weighted by Crippen LogP contribution is -2.57. The van der Waals surface area contributed by atoms with Crippen molar-refractivity contribution < 1.29 is 45.1 Å². The summed E-state index contributed by atoms with van der Waals surface area (Å²) in [5.74, 6) is -1.56. The molecule has 1 aromatic heterocycles. The van der Waals surface area contributed by atoms with E-state index < -0.39 is 52.4 Å². The molecule has 3 aromatic rings. The van der Waals surface area contributed by atoms with Gasteiger partial charge >= 0.3 is 18.4 Å². The van der Waals surface area contributed by atoms with Gasteiger partial charge in [-0.05, 0) is 49.2 Å². The largest absolute Gasteiger partial charge is 0.472 e. The molecule has 0 radical (unpaired) electrons. The second-order valence-electron chi connectivity index (χ2n) is 9.59. The molecule has 2 fully saturated rings. The highest BCUT2D eigenvalue weighted by Gasteiger charge is 2.59. The van der Waals surface area contributed by atoms with Gasteiger partial charge < -0.3 is 9.32 Å². The fraction of sp³-hybridized carbons (Fsp3) is 0.296. The summed E-state index contributed by atoms with van der Waals surface area (Å²) >= 11 is 0. The first-order valence-corrected chi connectivity index (χ1v) is 12.1. The van der Waals surface area contributed by atoms with E-state index in [2.05, 4.69) is 0 Å². The normalized spacial score (nSPS) is 17.7. The summed E-state index contributed by atoms with van der Waals surface area (Å²) < 4.78 is 85.0. The van der Waals surface area contributed by atoms with Crippen LogP contribution in [0.5, 0.6) is 0 Å². The Labute approximate surface area is 223 Å². The third-order valence-electron chi connectivity index (χ3n) is 7.14. The first kappa shape index (κ1) is 27.3. The Hall–Kier alpha value is -4.29. The molecule has 0 bridgehead atoms. The molecule has 0 aliphatic carbocycles. The number of carbonyl (C=O) groups is 3. The molecule has 2 aliphatic heterocycles. The average Bonchev–Trinajstić information content (AvgIpc) is 3.50. The maximum atomic E-state index is 13.7. The Morgan fingerprint density at radius 1 is 0.875 bits per heavy atom. The van der Waals surface area contributed by atoms with Gasteiger partial charge in [0.05, 0.1) is 30.2 Å². The number of imide groups is 1. The maximum absolute atomic E-state index is 13.7. The molecule has 210 valence electrons. The van der Waals surface area contributed by atoms with Crippen molar-refractivity contribution in [3.63, 3.8) is 0 Å². The third kappa shape index (κ3) is 4.80. The van der Waals surface area contributed by atoms with Crippen LogP contribution in [0.25, 0.3) is 0 Å². The van der Waals surface area contributed by atoms with Crippen molar-refractivity contribution in [2.75, 3.05) is 18.0 Å². The average molecular weight is 565 g/mol. The fourth-order valence-corrected chi connectivity index (χ4v) is 5.15. The highest BCUT2D eigenvalue weighted by Crippen LogP contribution is 2.42. The van der Waals surface area contributed by atoms with E-state index in [-0.39, 0.29) is 38.5 Å². The number of halogens is 6. The van der Waals surface area contributed by atoms with Crippen LogP contribution in [0.15, 0.2) is 71.5 Å². The number of furan rings is 1. The molecule has 7 nitrogen and oxygen atoms in total. The summed E-state index contributed by atoms with van der Waals surface area (Å²) in [7, 11) is 0. The van der Waals surface area contributed by atoms with Gasteiger partial charge in [0, 0.05) is 29.9 Å². The molecule has 2 saturated heterocycles. The van der Waals surface area contributed by atoms with Crippen molar-refractivity contribution in [3.8, 4) is 0 Å². The standard InChI is InChI=1S/C27H21F6N3O4/c28-26(29,30)19-12-18(13-20(14-19)27(31,32)33)22(37)34-9-7-25(8-10-34)23(38)35(15-17-6-11-40-16-17)24(39)36(25)21-4-2-1-3-5-21/h1-6,11-14,16H,7-10,15H2. The highest BCUT2D eigenvalue weighted by atomic mass is 19.4. The second-order valence-corrected chi connectivity index (χ2v) is 9.59. The molecule has 40 heavy (non-hydrogen) atoms. The van der Waals surface area contributed by atoms with E-state index in [1.165, 1.54) is 17.4 Å². The lowest BCUT2D eigenvalue weighted by molar-refractivity contribution is -0.143. The number of likely N-dealkylation sites (tertiary alicyclic amines) is 1. The Balaban J connectivity index is 1.44. The number of urea groups is 1. The van der Waals surface area contributed by atoms with Gasteiger partial charge in [-0.15, -0.1) is 0 Å². The van der Waals surface area contributed by atoms with Crippen molar-refractivity contribution >= 4 is 23.5 Å². The molecular weight excluding hydrogens is 544 g/mol.